The van der Waals surface area contributed by atoms with Gasteiger partial charge in [0.2, 0.25) is 11.1 Å². The van der Waals surface area contributed by atoms with Crippen molar-refractivity contribution in [2.24, 2.45) is 5.92 Å². The Kier molecular flexibility index (Phi) is 6.01. The zero-order chi connectivity index (χ0) is 19.6. The summed E-state index contributed by atoms with van der Waals surface area (Å²) in [6, 6.07) is 8.19. The second-order valence-electron chi connectivity index (χ2n) is 8.02. The van der Waals surface area contributed by atoms with Gasteiger partial charge in [0.1, 0.15) is 0 Å². The standard InChI is InChI=1S/C19H29N5OS/c1-12(2)15(17(25)23(6)7)26-18-22-21-16(24(18)20)13-8-10-14(11-9-13)19(3,4)5/h8-12,15H,20H2,1-7H3. The summed E-state index contributed by atoms with van der Waals surface area (Å²) < 4.78 is 1.47. The average molecular weight is 376 g/mol. The SMILES string of the molecule is CC(C)C(Sc1nnc(-c2ccc(C(C)(C)C)cc2)n1N)C(=O)N(C)C. The van der Waals surface area contributed by atoms with Crippen molar-refractivity contribution >= 4 is 17.7 Å². The number of nitrogens with zero attached hydrogens (tertiary/aromatic N) is 4. The maximum atomic E-state index is 12.4. The van der Waals surface area contributed by atoms with E-state index in [1.54, 1.807) is 19.0 Å². The van der Waals surface area contributed by atoms with E-state index in [-0.39, 0.29) is 22.5 Å². The van der Waals surface area contributed by atoms with Crippen molar-refractivity contribution in [3.8, 4) is 11.4 Å². The van der Waals surface area contributed by atoms with E-state index >= 15 is 0 Å². The highest BCUT2D eigenvalue weighted by Crippen LogP contribution is 2.30. The smallest absolute Gasteiger partial charge is 0.235 e. The van der Waals surface area contributed by atoms with Crippen LogP contribution in [0.4, 0.5) is 0 Å². The van der Waals surface area contributed by atoms with Crippen molar-refractivity contribution in [2.45, 2.75) is 50.4 Å². The van der Waals surface area contributed by atoms with Crippen LogP contribution in [0, 0.1) is 5.92 Å². The average Bonchev–Trinajstić information content (AvgIpc) is 2.91. The quantitative estimate of drug-likeness (QED) is 0.642. The van der Waals surface area contributed by atoms with Crippen molar-refractivity contribution in [1.82, 2.24) is 19.8 Å². The molecule has 0 aliphatic carbocycles. The molecule has 1 heterocycles. The molecule has 0 aliphatic heterocycles. The molecule has 0 saturated carbocycles. The molecule has 2 aromatic rings. The fourth-order valence-electron chi connectivity index (χ4n) is 2.51. The minimum absolute atomic E-state index is 0.0454. The minimum Gasteiger partial charge on any atom is -0.348 e. The molecule has 0 bridgehead atoms. The molecule has 0 fully saturated rings. The lowest BCUT2D eigenvalue weighted by Gasteiger charge is -2.22. The van der Waals surface area contributed by atoms with Crippen LogP contribution in [0.2, 0.25) is 0 Å². The van der Waals surface area contributed by atoms with Gasteiger partial charge < -0.3 is 10.7 Å². The lowest BCUT2D eigenvalue weighted by molar-refractivity contribution is -0.128. The largest absolute Gasteiger partial charge is 0.348 e. The van der Waals surface area contributed by atoms with E-state index < -0.39 is 0 Å². The molecule has 1 unspecified atom stereocenters. The minimum atomic E-state index is -0.257. The van der Waals surface area contributed by atoms with Crippen LogP contribution in [0.15, 0.2) is 29.4 Å². The first-order valence-corrected chi connectivity index (χ1v) is 9.59. The second-order valence-corrected chi connectivity index (χ2v) is 9.13. The van der Waals surface area contributed by atoms with Gasteiger partial charge in [-0.3, -0.25) is 4.79 Å². The molecule has 1 aromatic carbocycles. The van der Waals surface area contributed by atoms with Crippen LogP contribution in [0.3, 0.4) is 0 Å². The predicted molar refractivity (Wildman–Crippen MR) is 107 cm³/mol. The molecule has 2 rings (SSSR count). The van der Waals surface area contributed by atoms with Crippen LogP contribution in [0.1, 0.15) is 40.2 Å². The fraction of sp³-hybridized carbons (Fsp3) is 0.526. The molecule has 1 atom stereocenters. The van der Waals surface area contributed by atoms with E-state index in [1.807, 2.05) is 26.0 Å². The zero-order valence-electron chi connectivity index (χ0n) is 16.6. The van der Waals surface area contributed by atoms with E-state index in [0.29, 0.717) is 11.0 Å². The third kappa shape index (κ3) is 4.38. The molecule has 1 amide bonds. The van der Waals surface area contributed by atoms with E-state index in [2.05, 4.69) is 43.1 Å². The Bertz CT molecular complexity index is 759. The van der Waals surface area contributed by atoms with E-state index in [0.717, 1.165) is 5.56 Å². The Morgan fingerprint density at radius 3 is 2.19 bits per heavy atom. The third-order valence-electron chi connectivity index (χ3n) is 4.20. The summed E-state index contributed by atoms with van der Waals surface area (Å²) in [6.07, 6.45) is 0. The Hall–Kier alpha value is -2.02. The summed E-state index contributed by atoms with van der Waals surface area (Å²) in [4.78, 5) is 14.0. The van der Waals surface area contributed by atoms with Crippen molar-refractivity contribution in [3.63, 3.8) is 0 Å². The number of nitrogen functional groups attached to an aromatic ring is 1. The Labute approximate surface area is 160 Å². The highest BCUT2D eigenvalue weighted by molar-refractivity contribution is 8.00. The van der Waals surface area contributed by atoms with Crippen molar-refractivity contribution in [1.29, 1.82) is 0 Å². The third-order valence-corrected chi connectivity index (χ3v) is 5.68. The number of hydrogen-bond acceptors (Lipinski definition) is 5. The van der Waals surface area contributed by atoms with Gasteiger partial charge in [0.25, 0.3) is 0 Å². The summed E-state index contributed by atoms with van der Waals surface area (Å²) in [6.45, 7) is 10.6. The monoisotopic (exact) mass is 375 g/mol. The first-order chi connectivity index (χ1) is 12.0. The second kappa shape index (κ2) is 7.70. The number of rotatable bonds is 5. The van der Waals surface area contributed by atoms with E-state index in [9.17, 15) is 4.79 Å². The molecule has 6 nitrogen and oxygen atoms in total. The summed E-state index contributed by atoms with van der Waals surface area (Å²) in [5.74, 6) is 7.02. The normalized spacial score (nSPS) is 13.1. The number of nitrogens with two attached hydrogens (primary N) is 1. The first-order valence-electron chi connectivity index (χ1n) is 8.71. The van der Waals surface area contributed by atoms with Crippen molar-refractivity contribution in [3.05, 3.63) is 29.8 Å². The Balaban J connectivity index is 2.28. The predicted octanol–water partition coefficient (Wildman–Crippen LogP) is 3.16. The number of benzene rings is 1. The Morgan fingerprint density at radius 1 is 1.15 bits per heavy atom. The van der Waals surface area contributed by atoms with Crippen LogP contribution in [-0.2, 0) is 10.2 Å². The van der Waals surface area contributed by atoms with E-state index in [1.165, 1.54) is 22.0 Å². The van der Waals surface area contributed by atoms with Crippen LogP contribution in [0.25, 0.3) is 11.4 Å². The number of carbonyl (C=O) groups is 1. The van der Waals surface area contributed by atoms with Gasteiger partial charge in [0.05, 0.1) is 5.25 Å². The van der Waals surface area contributed by atoms with Gasteiger partial charge >= 0.3 is 0 Å². The van der Waals surface area contributed by atoms with Crippen molar-refractivity contribution in [2.75, 3.05) is 19.9 Å². The lowest BCUT2D eigenvalue weighted by atomic mass is 9.87. The fourth-order valence-corrected chi connectivity index (χ4v) is 3.61. The van der Waals surface area contributed by atoms with Crippen LogP contribution < -0.4 is 5.84 Å². The van der Waals surface area contributed by atoms with Crippen molar-refractivity contribution < 1.29 is 4.79 Å². The maximum Gasteiger partial charge on any atom is 0.235 e. The number of carbonyl (C=O) groups excluding carboxylic acids is 1. The molecule has 0 radical (unpaired) electrons. The first kappa shape index (κ1) is 20.3. The summed E-state index contributed by atoms with van der Waals surface area (Å²) >= 11 is 1.36. The molecule has 142 valence electrons. The molecule has 2 N–H and O–H groups in total. The van der Waals surface area contributed by atoms with Gasteiger partial charge in [0, 0.05) is 19.7 Å². The van der Waals surface area contributed by atoms with Gasteiger partial charge in [-0.15, -0.1) is 10.2 Å². The highest BCUT2D eigenvalue weighted by atomic mass is 32.2. The summed E-state index contributed by atoms with van der Waals surface area (Å²) in [5.41, 5.74) is 2.24. The molecule has 0 saturated heterocycles. The van der Waals surface area contributed by atoms with Crippen LogP contribution in [-0.4, -0.2) is 45.0 Å². The van der Waals surface area contributed by atoms with Gasteiger partial charge in [-0.25, -0.2) is 4.68 Å². The maximum absolute atomic E-state index is 12.4. The number of amides is 1. The number of hydrogen-bond donors (Lipinski definition) is 1. The van der Waals surface area contributed by atoms with Gasteiger partial charge in [-0.2, -0.15) is 0 Å². The van der Waals surface area contributed by atoms with Gasteiger partial charge in [-0.05, 0) is 16.9 Å². The molecule has 0 spiro atoms. The van der Waals surface area contributed by atoms with Crippen LogP contribution >= 0.6 is 11.8 Å². The topological polar surface area (TPSA) is 77.0 Å². The summed E-state index contributed by atoms with van der Waals surface area (Å²) in [7, 11) is 3.52. The molecular weight excluding hydrogens is 346 g/mol. The van der Waals surface area contributed by atoms with Gasteiger partial charge in [-0.1, -0.05) is 70.6 Å². The zero-order valence-corrected chi connectivity index (χ0v) is 17.5. The summed E-state index contributed by atoms with van der Waals surface area (Å²) in [5, 5.41) is 8.72. The molecule has 7 heteroatoms. The van der Waals surface area contributed by atoms with E-state index in [4.69, 9.17) is 5.84 Å². The molecule has 0 aliphatic rings. The molecule has 1 aromatic heterocycles. The Morgan fingerprint density at radius 2 is 1.73 bits per heavy atom. The lowest BCUT2D eigenvalue weighted by Crippen LogP contribution is -2.35. The molecule has 26 heavy (non-hydrogen) atoms. The highest BCUT2D eigenvalue weighted by Gasteiger charge is 2.28. The molecular formula is C19H29N5OS. The van der Waals surface area contributed by atoms with Crippen LogP contribution in [0.5, 0.6) is 0 Å². The number of aromatic nitrogens is 3. The van der Waals surface area contributed by atoms with Gasteiger partial charge in [0.15, 0.2) is 5.82 Å². The number of thioether (sulfide) groups is 1.